The lowest BCUT2D eigenvalue weighted by molar-refractivity contribution is 0.233. The molecule has 0 heteroatoms. The van der Waals surface area contributed by atoms with E-state index in [9.17, 15) is 0 Å². The van der Waals surface area contributed by atoms with Gasteiger partial charge in [-0.3, -0.25) is 0 Å². The van der Waals surface area contributed by atoms with Crippen LogP contribution in [0.15, 0.2) is 0 Å². The fourth-order valence-corrected chi connectivity index (χ4v) is 2.35. The van der Waals surface area contributed by atoms with E-state index in [1.165, 1.54) is 19.3 Å². The van der Waals surface area contributed by atoms with Gasteiger partial charge >= 0.3 is 0 Å². The van der Waals surface area contributed by atoms with Crippen molar-refractivity contribution in [2.45, 2.75) is 81.6 Å². The summed E-state index contributed by atoms with van der Waals surface area (Å²) in [6.45, 7) is 19.1. The van der Waals surface area contributed by atoms with Crippen LogP contribution in [0.5, 0.6) is 0 Å². The Bertz CT molecular complexity index is 61.0. The summed E-state index contributed by atoms with van der Waals surface area (Å²) in [5, 5.41) is 0. The minimum atomic E-state index is 0.990. The fourth-order valence-electron chi connectivity index (χ4n) is 2.35. The molecule has 0 aromatic rings. The van der Waals surface area contributed by atoms with Crippen molar-refractivity contribution in [3.8, 4) is 0 Å². The van der Waals surface area contributed by atoms with E-state index in [0.717, 1.165) is 17.8 Å². The molecule has 0 amide bonds. The van der Waals surface area contributed by atoms with E-state index in [2.05, 4.69) is 20.8 Å². The van der Waals surface area contributed by atoms with Gasteiger partial charge in [0.15, 0.2) is 0 Å². The van der Waals surface area contributed by atoms with Gasteiger partial charge in [-0.05, 0) is 37.0 Å². The molecule has 0 bridgehead atoms. The van der Waals surface area contributed by atoms with E-state index in [0.29, 0.717) is 0 Å². The highest BCUT2D eigenvalue weighted by molar-refractivity contribution is 4.71. The van der Waals surface area contributed by atoms with Gasteiger partial charge in [-0.1, -0.05) is 62.3 Å². The van der Waals surface area contributed by atoms with Crippen molar-refractivity contribution in [1.29, 1.82) is 0 Å². The van der Waals surface area contributed by atoms with Crippen molar-refractivity contribution < 1.29 is 0 Å². The van der Waals surface area contributed by atoms with E-state index < -0.39 is 0 Å². The highest BCUT2D eigenvalue weighted by Gasteiger charge is 2.19. The van der Waals surface area contributed by atoms with Gasteiger partial charge in [0.1, 0.15) is 0 Å². The smallest absolute Gasteiger partial charge is 0.0438 e. The van der Waals surface area contributed by atoms with Gasteiger partial charge in [0.2, 0.25) is 0 Å². The average molecular weight is 216 g/mol. The third-order valence-electron chi connectivity index (χ3n) is 2.41. The van der Waals surface area contributed by atoms with Gasteiger partial charge in [0, 0.05) is 0 Å². The summed E-state index contributed by atoms with van der Waals surface area (Å²) < 4.78 is 0. The van der Waals surface area contributed by atoms with E-state index in [1.807, 2.05) is 41.5 Å². The maximum absolute atomic E-state index is 2.38. The molecule has 1 saturated carbocycles. The molecule has 15 heavy (non-hydrogen) atoms. The third kappa shape index (κ3) is 14.0. The second-order valence-corrected chi connectivity index (χ2v) is 4.02. The molecular weight excluding hydrogens is 180 g/mol. The summed E-state index contributed by atoms with van der Waals surface area (Å²) >= 11 is 0. The van der Waals surface area contributed by atoms with Crippen LogP contribution in [0.4, 0.5) is 0 Å². The van der Waals surface area contributed by atoms with Crippen LogP contribution in [0, 0.1) is 17.8 Å². The van der Waals surface area contributed by atoms with Crippen molar-refractivity contribution in [3.05, 3.63) is 0 Å². The van der Waals surface area contributed by atoms with Crippen LogP contribution in [0.25, 0.3) is 0 Å². The Balaban J connectivity index is -0.000000208. The average Bonchev–Trinajstić information content (AvgIpc) is 2.24. The van der Waals surface area contributed by atoms with Crippen LogP contribution >= 0.6 is 0 Å². The first-order chi connectivity index (χ1) is 7.18. The zero-order valence-corrected chi connectivity index (χ0v) is 12.9. The molecule has 0 aliphatic heterocycles. The quantitative estimate of drug-likeness (QED) is 0.455. The van der Waals surface area contributed by atoms with Gasteiger partial charge < -0.3 is 0 Å². The van der Waals surface area contributed by atoms with Crippen LogP contribution < -0.4 is 0 Å². The highest BCUT2D eigenvalue weighted by Crippen LogP contribution is 2.31. The second-order valence-electron chi connectivity index (χ2n) is 4.02. The molecule has 0 saturated heterocycles. The number of rotatable bonds is 0. The van der Waals surface area contributed by atoms with E-state index in [1.54, 1.807) is 0 Å². The molecule has 0 aromatic carbocycles. The largest absolute Gasteiger partial charge is 0.0683 e. The first-order valence-electron chi connectivity index (χ1n) is 7.18. The molecule has 1 fully saturated rings. The first-order valence-corrected chi connectivity index (χ1v) is 7.18. The molecule has 0 spiro atoms. The normalized spacial score (nSPS) is 28.2. The van der Waals surface area contributed by atoms with Crippen molar-refractivity contribution in [3.63, 3.8) is 0 Å². The van der Waals surface area contributed by atoms with Crippen LogP contribution in [-0.2, 0) is 0 Å². The molecule has 0 nitrogen and oxygen atoms in total. The number of hydrogen-bond acceptors (Lipinski definition) is 0. The van der Waals surface area contributed by atoms with Crippen LogP contribution in [0.1, 0.15) is 81.6 Å². The molecule has 0 radical (unpaired) electrons. The third-order valence-corrected chi connectivity index (χ3v) is 2.41. The molecule has 1 aliphatic rings. The number of hydrogen-bond donors (Lipinski definition) is 0. The molecule has 0 aromatic heterocycles. The zero-order chi connectivity index (χ0) is 12.9. The molecular formula is C15H36. The van der Waals surface area contributed by atoms with E-state index in [-0.39, 0.29) is 0 Å². The maximum Gasteiger partial charge on any atom is -0.0438 e. The van der Waals surface area contributed by atoms with Gasteiger partial charge in [0.25, 0.3) is 0 Å². The summed E-state index contributed by atoms with van der Waals surface area (Å²) in [4.78, 5) is 0. The molecule has 96 valence electrons. The maximum atomic E-state index is 2.38. The molecule has 1 rings (SSSR count). The monoisotopic (exact) mass is 216 g/mol. The van der Waals surface area contributed by atoms with Crippen molar-refractivity contribution in [2.75, 3.05) is 0 Å². The van der Waals surface area contributed by atoms with E-state index >= 15 is 0 Å². The summed E-state index contributed by atoms with van der Waals surface area (Å²) in [7, 11) is 0. The van der Waals surface area contributed by atoms with Gasteiger partial charge in [0.05, 0.1) is 0 Å². The Kier molecular flexibility index (Phi) is 22.4. The molecule has 0 N–H and O–H groups in total. The minimum absolute atomic E-state index is 0.990. The SMILES string of the molecule is CC.CC.CC.CC1CC(C)CC(C)C1. The Morgan fingerprint density at radius 2 is 0.600 bits per heavy atom. The van der Waals surface area contributed by atoms with Crippen LogP contribution in [-0.4, -0.2) is 0 Å². The Morgan fingerprint density at radius 1 is 0.467 bits per heavy atom. The van der Waals surface area contributed by atoms with Gasteiger partial charge in [-0.2, -0.15) is 0 Å². The van der Waals surface area contributed by atoms with Crippen molar-refractivity contribution in [1.82, 2.24) is 0 Å². The summed E-state index contributed by atoms with van der Waals surface area (Å²) in [5.41, 5.74) is 0. The fraction of sp³-hybridized carbons (Fsp3) is 1.00. The van der Waals surface area contributed by atoms with Crippen LogP contribution in [0.3, 0.4) is 0 Å². The molecule has 0 unspecified atom stereocenters. The second kappa shape index (κ2) is 16.4. The first kappa shape index (κ1) is 20.4. The zero-order valence-electron chi connectivity index (χ0n) is 12.9. The minimum Gasteiger partial charge on any atom is -0.0683 e. The Hall–Kier alpha value is 0. The molecule has 1 aliphatic carbocycles. The highest BCUT2D eigenvalue weighted by atomic mass is 14.3. The predicted octanol–water partition coefficient (Wildman–Crippen LogP) is 6.16. The molecule has 0 atom stereocenters. The summed E-state index contributed by atoms with van der Waals surface area (Å²) in [5.74, 6) is 2.97. The van der Waals surface area contributed by atoms with Crippen molar-refractivity contribution >= 4 is 0 Å². The Morgan fingerprint density at radius 3 is 0.733 bits per heavy atom. The predicted molar refractivity (Wildman–Crippen MR) is 75.4 cm³/mol. The lowest BCUT2D eigenvalue weighted by Gasteiger charge is -2.28. The van der Waals surface area contributed by atoms with Crippen molar-refractivity contribution in [2.24, 2.45) is 17.8 Å². The van der Waals surface area contributed by atoms with Gasteiger partial charge in [-0.15, -0.1) is 0 Å². The Labute approximate surface area is 99.9 Å². The summed E-state index contributed by atoms with van der Waals surface area (Å²) in [6.07, 6.45) is 4.39. The van der Waals surface area contributed by atoms with Crippen LogP contribution in [0.2, 0.25) is 0 Å². The topological polar surface area (TPSA) is 0 Å². The lowest BCUT2D eigenvalue weighted by Crippen LogP contribution is -2.16. The summed E-state index contributed by atoms with van der Waals surface area (Å²) in [6, 6.07) is 0. The molecule has 0 heterocycles. The van der Waals surface area contributed by atoms with Gasteiger partial charge in [-0.25, -0.2) is 0 Å². The standard InChI is InChI=1S/C9H18.3C2H6/c1-7-4-8(2)6-9(3)5-7;3*1-2/h7-9H,4-6H2,1-3H3;3*1-2H3. The lowest BCUT2D eigenvalue weighted by atomic mass is 9.78. The van der Waals surface area contributed by atoms with E-state index in [4.69, 9.17) is 0 Å².